The molecule has 0 aliphatic carbocycles. The van der Waals surface area contributed by atoms with Gasteiger partial charge in [-0.2, -0.15) is 0 Å². The first-order valence-corrected chi connectivity index (χ1v) is 9.75. The minimum atomic E-state index is -0.354. The first-order valence-electron chi connectivity index (χ1n) is 8.18. The number of hydrogen-bond acceptors (Lipinski definition) is 4. The Morgan fingerprint density at radius 3 is 2.70 bits per heavy atom. The Bertz CT molecular complexity index is 1050. The van der Waals surface area contributed by atoms with Gasteiger partial charge in [0.15, 0.2) is 5.17 Å². The molecule has 0 bridgehead atoms. The van der Waals surface area contributed by atoms with Crippen molar-refractivity contribution in [1.82, 2.24) is 5.32 Å². The number of amidine groups is 1. The molecule has 2 aliphatic rings. The van der Waals surface area contributed by atoms with Gasteiger partial charge in [0, 0.05) is 17.1 Å². The molecule has 1 saturated heterocycles. The van der Waals surface area contributed by atoms with Crippen molar-refractivity contribution in [3.05, 3.63) is 63.0 Å². The summed E-state index contributed by atoms with van der Waals surface area (Å²) in [4.78, 5) is 31.8. The zero-order valence-corrected chi connectivity index (χ0v) is 16.5. The molecule has 2 aliphatic heterocycles. The highest BCUT2D eigenvalue weighted by Crippen LogP contribution is 2.43. The molecule has 0 unspecified atom stereocenters. The van der Waals surface area contributed by atoms with Crippen molar-refractivity contribution in [1.29, 1.82) is 0 Å². The van der Waals surface area contributed by atoms with Crippen LogP contribution in [0.1, 0.15) is 12.5 Å². The summed E-state index contributed by atoms with van der Waals surface area (Å²) in [5.74, 6) is -0.536. The van der Waals surface area contributed by atoms with Crippen LogP contribution in [0.4, 0.5) is 11.4 Å². The van der Waals surface area contributed by atoms with Crippen LogP contribution in [0.3, 0.4) is 0 Å². The first kappa shape index (κ1) is 18.1. The Morgan fingerprint density at radius 1 is 1.15 bits per heavy atom. The molecule has 136 valence electrons. The number of carbonyl (C=O) groups is 2. The maximum Gasteiger partial charge on any atom is 0.264 e. The predicted octanol–water partition coefficient (Wildman–Crippen LogP) is 4.62. The second-order valence-electron chi connectivity index (χ2n) is 5.84. The number of rotatable bonds is 2. The van der Waals surface area contributed by atoms with Crippen LogP contribution >= 0.6 is 35.0 Å². The molecule has 1 N–H and O–H groups in total. The van der Waals surface area contributed by atoms with Crippen molar-refractivity contribution in [3.8, 4) is 0 Å². The number of nitrogens with one attached hydrogen (secondary N) is 1. The van der Waals surface area contributed by atoms with Gasteiger partial charge in [-0.15, -0.1) is 0 Å². The molecule has 0 spiro atoms. The summed E-state index contributed by atoms with van der Waals surface area (Å²) in [6, 6.07) is 12.4. The summed E-state index contributed by atoms with van der Waals surface area (Å²) < 4.78 is 0. The van der Waals surface area contributed by atoms with E-state index >= 15 is 0 Å². The van der Waals surface area contributed by atoms with Crippen LogP contribution in [0.2, 0.25) is 10.0 Å². The van der Waals surface area contributed by atoms with E-state index in [1.807, 2.05) is 31.2 Å². The summed E-state index contributed by atoms with van der Waals surface area (Å²) >= 11 is 13.3. The molecule has 2 aromatic carbocycles. The standard InChI is InChI=1S/C19H13Cl2N3O2S/c1-2-24-14-6-4-3-5-11(14)15(18(24)26)16-17(25)23-19(27-16)22-13-9-10(20)7-8-12(13)21/h3-9H,2H2,1H3,(H,22,23,25). The SMILES string of the molecule is CCN1C(=O)C(=C2SC(=Nc3cc(Cl)ccc3Cl)NC2=O)c2ccccc21. The third kappa shape index (κ3) is 3.14. The lowest BCUT2D eigenvalue weighted by molar-refractivity contribution is -0.116. The van der Waals surface area contributed by atoms with Crippen LogP contribution in [0.15, 0.2) is 52.4 Å². The molecule has 4 rings (SSSR count). The van der Waals surface area contributed by atoms with E-state index in [1.165, 1.54) is 0 Å². The van der Waals surface area contributed by atoms with Gasteiger partial charge in [0.05, 0.1) is 26.9 Å². The van der Waals surface area contributed by atoms with Crippen molar-refractivity contribution >= 4 is 68.9 Å². The number of benzene rings is 2. The molecule has 0 aromatic heterocycles. The Morgan fingerprint density at radius 2 is 1.93 bits per heavy atom. The lowest BCUT2D eigenvalue weighted by Crippen LogP contribution is -2.26. The summed E-state index contributed by atoms with van der Waals surface area (Å²) in [6.45, 7) is 2.43. The number of thioether (sulfide) groups is 1. The Kier molecular flexibility index (Phi) is 4.72. The van der Waals surface area contributed by atoms with Gasteiger partial charge >= 0.3 is 0 Å². The number of nitrogens with zero attached hydrogens (tertiary/aromatic N) is 2. The maximum absolute atomic E-state index is 12.9. The van der Waals surface area contributed by atoms with Crippen molar-refractivity contribution in [3.63, 3.8) is 0 Å². The number of hydrogen-bond donors (Lipinski definition) is 1. The molecule has 0 radical (unpaired) electrons. The quantitative estimate of drug-likeness (QED) is 0.724. The predicted molar refractivity (Wildman–Crippen MR) is 111 cm³/mol. The van der Waals surface area contributed by atoms with Crippen molar-refractivity contribution in [2.45, 2.75) is 6.92 Å². The molecule has 2 amide bonds. The minimum absolute atomic E-state index is 0.182. The van der Waals surface area contributed by atoms with Crippen LogP contribution < -0.4 is 10.2 Å². The molecule has 0 saturated carbocycles. The number of amides is 2. The molecule has 5 nitrogen and oxygen atoms in total. The van der Waals surface area contributed by atoms with E-state index < -0.39 is 0 Å². The molecule has 1 fully saturated rings. The summed E-state index contributed by atoms with van der Waals surface area (Å²) in [5.41, 5.74) is 2.41. The fraction of sp³-hybridized carbons (Fsp3) is 0.105. The van der Waals surface area contributed by atoms with Gasteiger partial charge in [-0.05, 0) is 43.0 Å². The van der Waals surface area contributed by atoms with E-state index in [1.54, 1.807) is 23.1 Å². The number of fused-ring (bicyclic) bond motifs is 1. The Hall–Kier alpha value is -2.28. The highest BCUT2D eigenvalue weighted by Gasteiger charge is 2.38. The third-order valence-corrected chi connectivity index (χ3v) is 5.76. The maximum atomic E-state index is 12.9. The van der Waals surface area contributed by atoms with Gasteiger partial charge < -0.3 is 10.2 Å². The van der Waals surface area contributed by atoms with Gasteiger partial charge in [0.2, 0.25) is 0 Å². The normalized spacial score (nSPS) is 20.4. The Labute approximate surface area is 170 Å². The van der Waals surface area contributed by atoms with E-state index in [-0.39, 0.29) is 11.8 Å². The van der Waals surface area contributed by atoms with E-state index in [4.69, 9.17) is 23.2 Å². The topological polar surface area (TPSA) is 61.8 Å². The lowest BCUT2D eigenvalue weighted by Gasteiger charge is -2.13. The summed E-state index contributed by atoms with van der Waals surface area (Å²) in [5, 5.41) is 3.97. The zero-order chi connectivity index (χ0) is 19.1. The third-order valence-electron chi connectivity index (χ3n) is 4.22. The largest absolute Gasteiger partial charge is 0.308 e. The van der Waals surface area contributed by atoms with Crippen LogP contribution in [0, 0.1) is 0 Å². The number of carbonyl (C=O) groups excluding carboxylic acids is 2. The molecular formula is C19H13Cl2N3O2S. The Balaban J connectivity index is 1.78. The van der Waals surface area contributed by atoms with E-state index in [9.17, 15) is 9.59 Å². The van der Waals surface area contributed by atoms with Gasteiger partial charge in [0.25, 0.3) is 11.8 Å². The van der Waals surface area contributed by atoms with Crippen molar-refractivity contribution < 1.29 is 9.59 Å². The minimum Gasteiger partial charge on any atom is -0.308 e. The number of halogens is 2. The molecule has 27 heavy (non-hydrogen) atoms. The highest BCUT2D eigenvalue weighted by atomic mass is 35.5. The molecule has 0 atom stereocenters. The summed E-state index contributed by atoms with van der Waals surface area (Å²) in [7, 11) is 0. The number of anilines is 1. The van der Waals surface area contributed by atoms with E-state index in [2.05, 4.69) is 10.3 Å². The second kappa shape index (κ2) is 7.03. The van der Waals surface area contributed by atoms with Gasteiger partial charge in [-0.3, -0.25) is 9.59 Å². The smallest absolute Gasteiger partial charge is 0.264 e. The van der Waals surface area contributed by atoms with Gasteiger partial charge in [0.1, 0.15) is 0 Å². The van der Waals surface area contributed by atoms with E-state index in [0.717, 1.165) is 23.0 Å². The van der Waals surface area contributed by atoms with Crippen molar-refractivity contribution in [2.75, 3.05) is 11.4 Å². The average molecular weight is 418 g/mol. The fourth-order valence-corrected chi connectivity index (χ4v) is 4.28. The van der Waals surface area contributed by atoms with Gasteiger partial charge in [-0.1, -0.05) is 41.4 Å². The highest BCUT2D eigenvalue weighted by molar-refractivity contribution is 8.18. The number of aliphatic imine (C=N–C) groups is 1. The van der Waals surface area contributed by atoms with Gasteiger partial charge in [-0.25, -0.2) is 4.99 Å². The lowest BCUT2D eigenvalue weighted by atomic mass is 10.1. The van der Waals surface area contributed by atoms with Crippen LogP contribution in [-0.4, -0.2) is 23.5 Å². The molecule has 2 heterocycles. The van der Waals surface area contributed by atoms with Crippen molar-refractivity contribution in [2.24, 2.45) is 4.99 Å². The van der Waals surface area contributed by atoms with Crippen LogP contribution in [0.25, 0.3) is 5.57 Å². The fourth-order valence-electron chi connectivity index (χ4n) is 3.03. The molecule has 8 heteroatoms. The van der Waals surface area contributed by atoms with Crippen LogP contribution in [-0.2, 0) is 9.59 Å². The number of likely N-dealkylation sites (N-methyl/N-ethyl adjacent to an activating group) is 1. The van der Waals surface area contributed by atoms with Crippen LogP contribution in [0.5, 0.6) is 0 Å². The summed E-state index contributed by atoms with van der Waals surface area (Å²) in [6.07, 6.45) is 0. The van der Waals surface area contributed by atoms with E-state index in [0.29, 0.717) is 37.9 Å². The second-order valence-corrected chi connectivity index (χ2v) is 7.68. The molecule has 2 aromatic rings. The molecular weight excluding hydrogens is 405 g/mol. The zero-order valence-electron chi connectivity index (χ0n) is 14.1. The first-order chi connectivity index (χ1) is 13.0. The number of para-hydroxylation sites is 1. The monoisotopic (exact) mass is 417 g/mol. The average Bonchev–Trinajstić information content (AvgIpc) is 3.14.